The van der Waals surface area contributed by atoms with Crippen molar-refractivity contribution in [1.82, 2.24) is 4.31 Å². The Kier molecular flexibility index (Phi) is 5.54. The Bertz CT molecular complexity index is 590. The van der Waals surface area contributed by atoms with Crippen LogP contribution in [0.3, 0.4) is 0 Å². The Balaban J connectivity index is 3.34. The van der Waals surface area contributed by atoms with Crippen LogP contribution in [-0.4, -0.2) is 42.4 Å². The van der Waals surface area contributed by atoms with Crippen LogP contribution in [0.25, 0.3) is 0 Å². The quantitative estimate of drug-likeness (QED) is 0.601. The first-order chi connectivity index (χ1) is 9.36. The highest BCUT2D eigenvalue weighted by Gasteiger charge is 2.33. The minimum atomic E-state index is -4.18. The Morgan fingerprint density at radius 1 is 1.45 bits per heavy atom. The fourth-order valence-electron chi connectivity index (χ4n) is 1.72. The van der Waals surface area contributed by atoms with Crippen molar-refractivity contribution in [3.8, 4) is 0 Å². The van der Waals surface area contributed by atoms with E-state index in [-0.39, 0.29) is 26.1 Å². The molecule has 0 aliphatic carbocycles. The molecule has 1 rings (SSSR count). The number of halogens is 1. The fourth-order valence-corrected chi connectivity index (χ4v) is 3.37. The summed E-state index contributed by atoms with van der Waals surface area (Å²) in [5.74, 6) is -1.20. The topological polar surface area (TPSA) is 101 Å². The van der Waals surface area contributed by atoms with Gasteiger partial charge >= 0.3 is 5.69 Å². The van der Waals surface area contributed by atoms with Crippen molar-refractivity contribution in [2.75, 3.05) is 19.7 Å². The van der Waals surface area contributed by atoms with Crippen LogP contribution in [0.4, 0.5) is 10.1 Å². The minimum absolute atomic E-state index is 0.00298. The summed E-state index contributed by atoms with van der Waals surface area (Å²) in [4.78, 5) is 9.12. The molecule has 0 aliphatic heterocycles. The molecule has 0 spiro atoms. The normalized spacial score (nSPS) is 11.8. The van der Waals surface area contributed by atoms with Gasteiger partial charge in [0.15, 0.2) is 4.90 Å². The van der Waals surface area contributed by atoms with Crippen LogP contribution in [0, 0.1) is 15.9 Å². The smallest absolute Gasteiger partial charge is 0.324 e. The molecule has 0 aromatic heterocycles. The third-order valence-corrected chi connectivity index (χ3v) is 4.67. The van der Waals surface area contributed by atoms with Gasteiger partial charge in [-0.25, -0.2) is 8.42 Å². The summed E-state index contributed by atoms with van der Waals surface area (Å²) in [6.45, 7) is 1.41. The van der Waals surface area contributed by atoms with Crippen LogP contribution >= 0.6 is 0 Å². The van der Waals surface area contributed by atoms with Crippen molar-refractivity contribution in [2.45, 2.75) is 18.2 Å². The van der Waals surface area contributed by atoms with E-state index in [2.05, 4.69) is 0 Å². The highest BCUT2D eigenvalue weighted by atomic mass is 32.2. The lowest BCUT2D eigenvalue weighted by atomic mass is 10.3. The van der Waals surface area contributed by atoms with E-state index in [9.17, 15) is 22.9 Å². The average molecular weight is 306 g/mol. The molecule has 20 heavy (non-hydrogen) atoms. The average Bonchev–Trinajstić information content (AvgIpc) is 2.38. The Labute approximate surface area is 115 Å². The molecule has 1 aromatic carbocycles. The van der Waals surface area contributed by atoms with Gasteiger partial charge in [0.1, 0.15) is 0 Å². The molecular formula is C11H15FN2O5S. The number of nitro benzene ring substituents is 1. The highest BCUT2D eigenvalue weighted by Crippen LogP contribution is 2.29. The summed E-state index contributed by atoms with van der Waals surface area (Å²) in [5.41, 5.74) is -1.06. The highest BCUT2D eigenvalue weighted by molar-refractivity contribution is 7.89. The first-order valence-corrected chi connectivity index (χ1v) is 7.34. The summed E-state index contributed by atoms with van der Waals surface area (Å²) in [7, 11) is -4.18. The van der Waals surface area contributed by atoms with Crippen LogP contribution in [0.15, 0.2) is 23.1 Å². The molecule has 9 heteroatoms. The van der Waals surface area contributed by atoms with Gasteiger partial charge in [0.25, 0.3) is 0 Å². The van der Waals surface area contributed by atoms with Gasteiger partial charge in [-0.1, -0.05) is 13.0 Å². The number of rotatable bonds is 7. The zero-order valence-corrected chi connectivity index (χ0v) is 11.6. The van der Waals surface area contributed by atoms with Crippen LogP contribution in [-0.2, 0) is 10.0 Å². The second-order valence-corrected chi connectivity index (χ2v) is 5.82. The lowest BCUT2D eigenvalue weighted by molar-refractivity contribution is -0.390. The lowest BCUT2D eigenvalue weighted by Gasteiger charge is -2.19. The Morgan fingerprint density at radius 2 is 2.10 bits per heavy atom. The number of aliphatic hydroxyl groups excluding tert-OH is 1. The molecule has 0 atom stereocenters. The molecule has 0 aliphatic rings. The van der Waals surface area contributed by atoms with E-state index in [4.69, 9.17) is 5.11 Å². The number of aliphatic hydroxyl groups is 1. The van der Waals surface area contributed by atoms with Gasteiger partial charge in [0.2, 0.25) is 15.8 Å². The largest absolute Gasteiger partial charge is 0.396 e. The first kappa shape index (κ1) is 16.5. The number of sulfonamides is 1. The molecular weight excluding hydrogens is 291 g/mol. The molecule has 0 unspecified atom stereocenters. The van der Waals surface area contributed by atoms with E-state index in [1.165, 1.54) is 0 Å². The van der Waals surface area contributed by atoms with Gasteiger partial charge in [0, 0.05) is 19.7 Å². The van der Waals surface area contributed by atoms with E-state index in [1.807, 2.05) is 0 Å². The number of benzene rings is 1. The second-order valence-electron chi connectivity index (χ2n) is 3.92. The SMILES string of the molecule is CCN(CCCO)S(=O)(=O)c1cccc(F)c1[N+](=O)[O-]. The van der Waals surface area contributed by atoms with Gasteiger partial charge in [-0.15, -0.1) is 0 Å². The predicted molar refractivity (Wildman–Crippen MR) is 69.2 cm³/mol. The zero-order valence-electron chi connectivity index (χ0n) is 10.8. The van der Waals surface area contributed by atoms with Gasteiger partial charge in [-0.3, -0.25) is 10.1 Å². The van der Waals surface area contributed by atoms with Crippen LogP contribution in [0.5, 0.6) is 0 Å². The summed E-state index contributed by atoms with van der Waals surface area (Å²) in [6.07, 6.45) is 0.191. The van der Waals surface area contributed by atoms with Crippen LogP contribution in [0.1, 0.15) is 13.3 Å². The molecule has 0 heterocycles. The molecule has 1 N–H and O–H groups in total. The van der Waals surface area contributed by atoms with Gasteiger partial charge < -0.3 is 5.11 Å². The molecule has 0 radical (unpaired) electrons. The van der Waals surface area contributed by atoms with Crippen molar-refractivity contribution in [3.63, 3.8) is 0 Å². The number of hydrogen-bond donors (Lipinski definition) is 1. The standard InChI is InChI=1S/C11H15FN2O5S/c1-2-13(7-4-8-15)20(18,19)10-6-3-5-9(12)11(10)14(16)17/h3,5-6,15H,2,4,7-8H2,1H3. The summed E-state index contributed by atoms with van der Waals surface area (Å²) >= 11 is 0. The monoisotopic (exact) mass is 306 g/mol. The molecule has 0 fully saturated rings. The number of nitrogens with zero attached hydrogens (tertiary/aromatic N) is 2. The van der Waals surface area contributed by atoms with Crippen molar-refractivity contribution < 1.29 is 22.8 Å². The molecule has 0 bridgehead atoms. The maximum Gasteiger partial charge on any atom is 0.324 e. The predicted octanol–water partition coefficient (Wildman–Crippen LogP) is 1.13. The van der Waals surface area contributed by atoms with E-state index in [0.717, 1.165) is 22.5 Å². The van der Waals surface area contributed by atoms with E-state index in [0.29, 0.717) is 0 Å². The number of hydrogen-bond acceptors (Lipinski definition) is 5. The molecule has 0 amide bonds. The fraction of sp³-hybridized carbons (Fsp3) is 0.455. The summed E-state index contributed by atoms with van der Waals surface area (Å²) in [6, 6.07) is 2.94. The number of nitro groups is 1. The van der Waals surface area contributed by atoms with Crippen molar-refractivity contribution in [2.24, 2.45) is 0 Å². The van der Waals surface area contributed by atoms with E-state index in [1.54, 1.807) is 6.92 Å². The Hall–Kier alpha value is -1.58. The second kappa shape index (κ2) is 6.73. The molecule has 1 aromatic rings. The first-order valence-electron chi connectivity index (χ1n) is 5.90. The van der Waals surface area contributed by atoms with E-state index < -0.39 is 31.3 Å². The Morgan fingerprint density at radius 3 is 2.60 bits per heavy atom. The zero-order chi connectivity index (χ0) is 15.3. The van der Waals surface area contributed by atoms with Gasteiger partial charge in [0.05, 0.1) is 4.92 Å². The van der Waals surface area contributed by atoms with E-state index >= 15 is 0 Å². The third-order valence-electron chi connectivity index (χ3n) is 2.67. The maximum absolute atomic E-state index is 13.5. The molecule has 0 saturated heterocycles. The van der Waals surface area contributed by atoms with Crippen LogP contribution < -0.4 is 0 Å². The van der Waals surface area contributed by atoms with Crippen molar-refractivity contribution >= 4 is 15.7 Å². The summed E-state index contributed by atoms with van der Waals surface area (Å²) < 4.78 is 39.1. The lowest BCUT2D eigenvalue weighted by Crippen LogP contribution is -2.32. The molecule has 112 valence electrons. The molecule has 7 nitrogen and oxygen atoms in total. The van der Waals surface area contributed by atoms with Crippen molar-refractivity contribution in [3.05, 3.63) is 34.1 Å². The van der Waals surface area contributed by atoms with Crippen molar-refractivity contribution in [1.29, 1.82) is 0 Å². The number of para-hydroxylation sites is 1. The summed E-state index contributed by atoms with van der Waals surface area (Å²) in [5, 5.41) is 19.6. The maximum atomic E-state index is 13.5. The minimum Gasteiger partial charge on any atom is -0.396 e. The van der Waals surface area contributed by atoms with Gasteiger partial charge in [-0.2, -0.15) is 8.70 Å². The van der Waals surface area contributed by atoms with Gasteiger partial charge in [-0.05, 0) is 18.6 Å². The third kappa shape index (κ3) is 3.30. The van der Waals surface area contributed by atoms with Crippen LogP contribution in [0.2, 0.25) is 0 Å². The molecule has 0 saturated carbocycles.